The third-order valence-corrected chi connectivity index (χ3v) is 4.25. The number of nitrogens with two attached hydrogens (primary N) is 1. The Kier molecular flexibility index (Phi) is 4.35. The first kappa shape index (κ1) is 16.9. The molecule has 0 bridgehead atoms. The van der Waals surface area contributed by atoms with E-state index in [0.717, 1.165) is 22.8 Å². The third kappa shape index (κ3) is 2.91. The Balaban J connectivity index is 2.48. The number of nitrogens with zero attached hydrogens (tertiary/aromatic N) is 2. The van der Waals surface area contributed by atoms with Gasteiger partial charge in [-0.3, -0.25) is 9.36 Å². The molecule has 8 heteroatoms. The Morgan fingerprint density at radius 2 is 1.67 bits per heavy atom. The van der Waals surface area contributed by atoms with Crippen molar-refractivity contribution in [2.45, 2.75) is 13.0 Å². The normalized spacial score (nSPS) is 12.6. The van der Waals surface area contributed by atoms with Crippen molar-refractivity contribution < 1.29 is 13.2 Å². The van der Waals surface area contributed by atoms with Crippen LogP contribution in [0.1, 0.15) is 18.8 Å². The highest BCUT2D eigenvalue weighted by Crippen LogP contribution is 2.22. The van der Waals surface area contributed by atoms with Crippen LogP contribution in [0.4, 0.5) is 13.2 Å². The molecule has 0 radical (unpaired) electrons. The van der Waals surface area contributed by atoms with E-state index in [1.807, 2.05) is 22.6 Å². The fraction of sp³-hybridized carbons (Fsp3) is 0.125. The van der Waals surface area contributed by atoms with Crippen LogP contribution >= 0.6 is 22.6 Å². The number of aromatic nitrogens is 2. The van der Waals surface area contributed by atoms with Crippen LogP contribution in [0.3, 0.4) is 0 Å². The van der Waals surface area contributed by atoms with Gasteiger partial charge in [-0.15, -0.1) is 0 Å². The zero-order valence-corrected chi connectivity index (χ0v) is 14.5. The summed E-state index contributed by atoms with van der Waals surface area (Å²) in [6, 6.07) is 4.28. The molecule has 0 aliphatic rings. The average Bonchev–Trinajstić information content (AvgIpc) is 2.46. The first-order valence-electron chi connectivity index (χ1n) is 6.91. The zero-order valence-electron chi connectivity index (χ0n) is 12.4. The van der Waals surface area contributed by atoms with Gasteiger partial charge in [0.1, 0.15) is 23.3 Å². The SMILES string of the molecule is C[C@H](N)c1nc2c(I)cc(F)cc2c(=O)n1-c1cc(F)cc(F)c1. The van der Waals surface area contributed by atoms with E-state index in [1.54, 1.807) is 6.92 Å². The number of hydrogen-bond acceptors (Lipinski definition) is 3. The predicted octanol–water partition coefficient (Wildman–Crippen LogP) is 3.43. The lowest BCUT2D eigenvalue weighted by molar-refractivity contribution is 0.579. The third-order valence-electron chi connectivity index (χ3n) is 3.43. The van der Waals surface area contributed by atoms with Crippen LogP contribution in [0.2, 0.25) is 0 Å². The highest BCUT2D eigenvalue weighted by Gasteiger charge is 2.18. The summed E-state index contributed by atoms with van der Waals surface area (Å²) in [4.78, 5) is 17.2. The van der Waals surface area contributed by atoms with Gasteiger partial charge in [0.15, 0.2) is 0 Å². The molecular formula is C16H11F3IN3O. The Bertz CT molecular complexity index is 997. The summed E-state index contributed by atoms with van der Waals surface area (Å²) in [5.74, 6) is -2.17. The van der Waals surface area contributed by atoms with E-state index in [0.29, 0.717) is 15.2 Å². The van der Waals surface area contributed by atoms with E-state index in [1.165, 1.54) is 6.07 Å². The number of rotatable bonds is 2. The summed E-state index contributed by atoms with van der Waals surface area (Å²) < 4.78 is 42.2. The molecule has 0 aliphatic carbocycles. The van der Waals surface area contributed by atoms with Crippen molar-refractivity contribution in [3.63, 3.8) is 0 Å². The first-order valence-corrected chi connectivity index (χ1v) is 7.99. The molecule has 0 spiro atoms. The van der Waals surface area contributed by atoms with Gasteiger partial charge in [-0.2, -0.15) is 0 Å². The van der Waals surface area contributed by atoms with E-state index in [4.69, 9.17) is 5.73 Å². The molecule has 0 amide bonds. The minimum Gasteiger partial charge on any atom is -0.322 e. The zero-order chi connectivity index (χ0) is 17.6. The second-order valence-electron chi connectivity index (χ2n) is 5.31. The van der Waals surface area contributed by atoms with Crippen molar-refractivity contribution in [2.75, 3.05) is 0 Å². The topological polar surface area (TPSA) is 60.9 Å². The van der Waals surface area contributed by atoms with E-state index in [9.17, 15) is 18.0 Å². The molecule has 1 aromatic heterocycles. The average molecular weight is 445 g/mol. The standard InChI is InChI=1S/C16H11F3IN3O/c1-7(21)15-22-14-12(5-10(19)6-13(14)20)16(24)23(15)11-3-8(17)2-9(18)4-11/h2-7H,21H2,1H3/t7-/m0/s1. The molecule has 1 heterocycles. The van der Waals surface area contributed by atoms with E-state index in [-0.39, 0.29) is 16.9 Å². The fourth-order valence-corrected chi connectivity index (χ4v) is 3.16. The Hall–Kier alpha value is -1.94. The second kappa shape index (κ2) is 6.17. The van der Waals surface area contributed by atoms with E-state index < -0.39 is 29.1 Å². The van der Waals surface area contributed by atoms with Gasteiger partial charge in [-0.05, 0) is 53.8 Å². The summed E-state index contributed by atoms with van der Waals surface area (Å²) in [6.45, 7) is 1.59. The van der Waals surface area contributed by atoms with Gasteiger partial charge in [0.2, 0.25) is 0 Å². The molecule has 124 valence electrons. The van der Waals surface area contributed by atoms with Gasteiger partial charge >= 0.3 is 0 Å². The molecule has 1 atom stereocenters. The minimum atomic E-state index is -0.846. The van der Waals surface area contributed by atoms with Gasteiger partial charge < -0.3 is 5.73 Å². The maximum Gasteiger partial charge on any atom is 0.266 e. The Morgan fingerprint density at radius 3 is 2.25 bits per heavy atom. The summed E-state index contributed by atoms with van der Waals surface area (Å²) in [5.41, 5.74) is 5.47. The molecular weight excluding hydrogens is 434 g/mol. The lowest BCUT2D eigenvalue weighted by Gasteiger charge is -2.16. The molecule has 2 aromatic carbocycles. The molecule has 3 rings (SSSR count). The van der Waals surface area contributed by atoms with Crippen LogP contribution in [-0.4, -0.2) is 9.55 Å². The Morgan fingerprint density at radius 1 is 1.08 bits per heavy atom. The van der Waals surface area contributed by atoms with Crippen LogP contribution in [0.15, 0.2) is 35.1 Å². The van der Waals surface area contributed by atoms with Crippen molar-refractivity contribution >= 4 is 33.5 Å². The van der Waals surface area contributed by atoms with Gasteiger partial charge in [0.25, 0.3) is 5.56 Å². The van der Waals surface area contributed by atoms with Crippen molar-refractivity contribution in [3.8, 4) is 5.69 Å². The predicted molar refractivity (Wildman–Crippen MR) is 92.5 cm³/mol. The number of hydrogen-bond donors (Lipinski definition) is 1. The quantitative estimate of drug-likeness (QED) is 0.616. The van der Waals surface area contributed by atoms with Gasteiger partial charge in [-0.25, -0.2) is 18.2 Å². The molecule has 0 saturated carbocycles. The van der Waals surface area contributed by atoms with Gasteiger partial charge in [0.05, 0.1) is 22.6 Å². The lowest BCUT2D eigenvalue weighted by Crippen LogP contribution is -2.28. The number of benzene rings is 2. The monoisotopic (exact) mass is 445 g/mol. The minimum absolute atomic E-state index is 0.00784. The molecule has 0 unspecified atom stereocenters. The molecule has 0 saturated heterocycles. The molecule has 4 nitrogen and oxygen atoms in total. The smallest absolute Gasteiger partial charge is 0.266 e. The van der Waals surface area contributed by atoms with Crippen molar-refractivity contribution in [1.29, 1.82) is 0 Å². The highest BCUT2D eigenvalue weighted by molar-refractivity contribution is 14.1. The van der Waals surface area contributed by atoms with Crippen LogP contribution in [-0.2, 0) is 0 Å². The summed E-state index contributed by atoms with van der Waals surface area (Å²) in [6.07, 6.45) is 0. The molecule has 24 heavy (non-hydrogen) atoms. The molecule has 2 N–H and O–H groups in total. The van der Waals surface area contributed by atoms with Gasteiger partial charge in [0, 0.05) is 9.64 Å². The summed E-state index contributed by atoms with van der Waals surface area (Å²) in [5, 5.41) is 0.00784. The summed E-state index contributed by atoms with van der Waals surface area (Å²) >= 11 is 1.87. The van der Waals surface area contributed by atoms with Crippen molar-refractivity contribution in [1.82, 2.24) is 9.55 Å². The maximum atomic E-state index is 13.7. The van der Waals surface area contributed by atoms with Crippen LogP contribution in [0.25, 0.3) is 16.6 Å². The fourth-order valence-electron chi connectivity index (χ4n) is 2.46. The van der Waals surface area contributed by atoms with E-state index >= 15 is 0 Å². The first-order chi connectivity index (χ1) is 11.3. The molecule has 0 fully saturated rings. The molecule has 3 aromatic rings. The maximum absolute atomic E-state index is 13.7. The van der Waals surface area contributed by atoms with E-state index in [2.05, 4.69) is 4.98 Å². The second-order valence-corrected chi connectivity index (χ2v) is 6.47. The molecule has 0 aliphatic heterocycles. The highest BCUT2D eigenvalue weighted by atomic mass is 127. The number of halogens is 4. The van der Waals surface area contributed by atoms with Crippen LogP contribution in [0, 0.1) is 21.0 Å². The van der Waals surface area contributed by atoms with Crippen LogP contribution in [0.5, 0.6) is 0 Å². The lowest BCUT2D eigenvalue weighted by atomic mass is 10.2. The Labute approximate surface area is 148 Å². The van der Waals surface area contributed by atoms with Crippen molar-refractivity contribution in [3.05, 3.63) is 67.5 Å². The van der Waals surface area contributed by atoms with Crippen molar-refractivity contribution in [2.24, 2.45) is 5.73 Å². The number of fused-ring (bicyclic) bond motifs is 1. The summed E-state index contributed by atoms with van der Waals surface area (Å²) in [7, 11) is 0. The largest absolute Gasteiger partial charge is 0.322 e. The van der Waals surface area contributed by atoms with Crippen LogP contribution < -0.4 is 11.3 Å². The van der Waals surface area contributed by atoms with Gasteiger partial charge in [-0.1, -0.05) is 0 Å².